The first kappa shape index (κ1) is 19.5. The van der Waals surface area contributed by atoms with Crippen LogP contribution in [0, 0.1) is 0 Å². The highest BCUT2D eigenvalue weighted by molar-refractivity contribution is 7.99. The SMILES string of the molecule is CC.CCC(=O)NCSc1c(C=O)nn(C2CCCCC2)c1N. The summed E-state index contributed by atoms with van der Waals surface area (Å²) in [6, 6.07) is 0.289. The third-order valence-corrected chi connectivity index (χ3v) is 4.76. The summed E-state index contributed by atoms with van der Waals surface area (Å²) in [6.45, 7) is 5.80. The van der Waals surface area contributed by atoms with E-state index in [0.29, 0.717) is 28.7 Å². The highest BCUT2D eigenvalue weighted by atomic mass is 32.2. The maximum atomic E-state index is 11.2. The van der Waals surface area contributed by atoms with Crippen LogP contribution in [-0.2, 0) is 4.79 Å². The lowest BCUT2D eigenvalue weighted by Crippen LogP contribution is -2.21. The van der Waals surface area contributed by atoms with Gasteiger partial charge in [-0.3, -0.25) is 9.59 Å². The number of thioether (sulfide) groups is 1. The van der Waals surface area contributed by atoms with Crippen molar-refractivity contribution < 1.29 is 9.59 Å². The van der Waals surface area contributed by atoms with Gasteiger partial charge in [-0.2, -0.15) is 5.10 Å². The predicted octanol–water partition coefficient (Wildman–Crippen LogP) is 3.39. The summed E-state index contributed by atoms with van der Waals surface area (Å²) in [5.41, 5.74) is 6.54. The Labute approximate surface area is 142 Å². The van der Waals surface area contributed by atoms with E-state index in [1.54, 1.807) is 11.6 Å². The third-order valence-electron chi connectivity index (χ3n) is 3.77. The first-order valence-corrected chi connectivity index (χ1v) is 9.38. The normalized spacial score (nSPS) is 14.7. The molecule has 130 valence electrons. The maximum absolute atomic E-state index is 11.2. The Kier molecular flexibility index (Phi) is 8.76. The van der Waals surface area contributed by atoms with E-state index in [4.69, 9.17) is 5.73 Å². The van der Waals surface area contributed by atoms with Crippen molar-refractivity contribution in [3.63, 3.8) is 0 Å². The minimum atomic E-state index is -0.0200. The van der Waals surface area contributed by atoms with E-state index in [2.05, 4.69) is 10.4 Å². The second-order valence-electron chi connectivity index (χ2n) is 5.20. The van der Waals surface area contributed by atoms with Gasteiger partial charge in [0, 0.05) is 6.42 Å². The summed E-state index contributed by atoms with van der Waals surface area (Å²) in [4.78, 5) is 23.1. The molecule has 0 aliphatic heterocycles. The average molecular weight is 340 g/mol. The number of carbonyl (C=O) groups excluding carboxylic acids is 2. The summed E-state index contributed by atoms with van der Waals surface area (Å²) in [7, 11) is 0. The Morgan fingerprint density at radius 2 is 2.04 bits per heavy atom. The molecule has 0 atom stereocenters. The molecule has 23 heavy (non-hydrogen) atoms. The van der Waals surface area contributed by atoms with Crippen molar-refractivity contribution in [2.75, 3.05) is 11.6 Å². The molecule has 1 amide bonds. The minimum Gasteiger partial charge on any atom is -0.383 e. The number of rotatable bonds is 6. The quantitative estimate of drug-likeness (QED) is 0.471. The van der Waals surface area contributed by atoms with Crippen LogP contribution >= 0.6 is 11.8 Å². The number of aldehydes is 1. The number of hydrogen-bond donors (Lipinski definition) is 2. The van der Waals surface area contributed by atoms with Gasteiger partial charge in [-0.15, -0.1) is 0 Å². The topological polar surface area (TPSA) is 90.0 Å². The number of nitrogens with one attached hydrogen (secondary N) is 1. The van der Waals surface area contributed by atoms with E-state index >= 15 is 0 Å². The van der Waals surface area contributed by atoms with Gasteiger partial charge in [-0.25, -0.2) is 4.68 Å². The lowest BCUT2D eigenvalue weighted by Gasteiger charge is -2.22. The molecule has 1 aliphatic carbocycles. The molecule has 0 aromatic carbocycles. The van der Waals surface area contributed by atoms with E-state index in [0.717, 1.165) is 19.1 Å². The molecule has 0 saturated heterocycles. The predicted molar refractivity (Wildman–Crippen MR) is 94.7 cm³/mol. The summed E-state index contributed by atoms with van der Waals surface area (Å²) < 4.78 is 1.80. The van der Waals surface area contributed by atoms with Crippen LogP contribution in [0.15, 0.2) is 4.90 Å². The van der Waals surface area contributed by atoms with Crippen LogP contribution in [-0.4, -0.2) is 27.9 Å². The molecular formula is C16H28N4O2S. The summed E-state index contributed by atoms with van der Waals surface area (Å²) >= 11 is 1.36. The van der Waals surface area contributed by atoms with Gasteiger partial charge in [0.05, 0.1) is 16.8 Å². The zero-order valence-corrected chi connectivity index (χ0v) is 15.1. The Hall–Kier alpha value is -1.50. The number of carbonyl (C=O) groups is 2. The number of anilines is 1. The van der Waals surface area contributed by atoms with Crippen molar-refractivity contribution >= 4 is 29.8 Å². The average Bonchev–Trinajstić information content (AvgIpc) is 2.93. The van der Waals surface area contributed by atoms with Crippen LogP contribution in [0.3, 0.4) is 0 Å². The van der Waals surface area contributed by atoms with Crippen molar-refractivity contribution in [2.24, 2.45) is 0 Å². The molecular weight excluding hydrogens is 312 g/mol. The number of aromatic nitrogens is 2. The second kappa shape index (κ2) is 10.3. The molecule has 1 aromatic rings. The van der Waals surface area contributed by atoms with Gasteiger partial charge < -0.3 is 11.1 Å². The van der Waals surface area contributed by atoms with E-state index in [1.807, 2.05) is 13.8 Å². The smallest absolute Gasteiger partial charge is 0.220 e. The van der Waals surface area contributed by atoms with Crippen molar-refractivity contribution in [3.05, 3.63) is 5.69 Å². The summed E-state index contributed by atoms with van der Waals surface area (Å²) in [5, 5.41) is 7.12. The van der Waals surface area contributed by atoms with Crippen molar-refractivity contribution in [2.45, 2.75) is 70.2 Å². The Morgan fingerprint density at radius 1 is 1.39 bits per heavy atom. The Balaban J connectivity index is 0.00000127. The molecule has 2 rings (SSSR count). The van der Waals surface area contributed by atoms with Crippen LogP contribution < -0.4 is 11.1 Å². The van der Waals surface area contributed by atoms with Gasteiger partial charge in [0.15, 0.2) is 6.29 Å². The van der Waals surface area contributed by atoms with Gasteiger partial charge in [0.1, 0.15) is 11.5 Å². The molecule has 1 heterocycles. The summed E-state index contributed by atoms with van der Waals surface area (Å²) in [5.74, 6) is 0.918. The lowest BCUT2D eigenvalue weighted by atomic mass is 9.96. The Morgan fingerprint density at radius 3 is 2.61 bits per heavy atom. The molecule has 0 spiro atoms. The summed E-state index contributed by atoms with van der Waals surface area (Å²) in [6.07, 6.45) is 6.90. The number of hydrogen-bond acceptors (Lipinski definition) is 5. The lowest BCUT2D eigenvalue weighted by molar-refractivity contribution is -0.120. The number of nitrogens with two attached hydrogens (primary N) is 1. The van der Waals surface area contributed by atoms with Gasteiger partial charge in [0.25, 0.3) is 0 Å². The van der Waals surface area contributed by atoms with Crippen molar-refractivity contribution in [1.29, 1.82) is 0 Å². The fourth-order valence-electron chi connectivity index (χ4n) is 2.59. The molecule has 6 nitrogen and oxygen atoms in total. The molecule has 1 aromatic heterocycles. The molecule has 0 radical (unpaired) electrons. The van der Waals surface area contributed by atoms with Crippen molar-refractivity contribution in [1.82, 2.24) is 15.1 Å². The molecule has 1 saturated carbocycles. The fourth-order valence-corrected chi connectivity index (χ4v) is 3.45. The fraction of sp³-hybridized carbons (Fsp3) is 0.688. The highest BCUT2D eigenvalue weighted by Crippen LogP contribution is 2.34. The molecule has 3 N–H and O–H groups in total. The molecule has 1 aliphatic rings. The van der Waals surface area contributed by atoms with Crippen LogP contribution in [0.25, 0.3) is 0 Å². The molecule has 0 bridgehead atoms. The van der Waals surface area contributed by atoms with Crippen LogP contribution in [0.2, 0.25) is 0 Å². The second-order valence-corrected chi connectivity index (χ2v) is 6.18. The third kappa shape index (κ3) is 5.27. The van der Waals surface area contributed by atoms with E-state index in [-0.39, 0.29) is 11.9 Å². The maximum Gasteiger partial charge on any atom is 0.220 e. The monoisotopic (exact) mass is 340 g/mol. The Bertz CT molecular complexity index is 510. The minimum absolute atomic E-state index is 0.0200. The first-order valence-electron chi connectivity index (χ1n) is 8.40. The van der Waals surface area contributed by atoms with Crippen LogP contribution in [0.1, 0.15) is 75.8 Å². The number of amides is 1. The van der Waals surface area contributed by atoms with Crippen molar-refractivity contribution in [3.8, 4) is 0 Å². The van der Waals surface area contributed by atoms with E-state index in [1.165, 1.54) is 31.0 Å². The van der Waals surface area contributed by atoms with Gasteiger partial charge in [-0.1, -0.05) is 51.8 Å². The first-order chi connectivity index (χ1) is 11.2. The number of nitrogens with zero attached hydrogens (tertiary/aromatic N) is 2. The van der Waals surface area contributed by atoms with Crippen LogP contribution in [0.4, 0.5) is 5.82 Å². The number of nitrogen functional groups attached to an aromatic ring is 1. The van der Waals surface area contributed by atoms with Gasteiger partial charge in [-0.05, 0) is 12.8 Å². The largest absolute Gasteiger partial charge is 0.383 e. The van der Waals surface area contributed by atoms with Gasteiger partial charge >= 0.3 is 0 Å². The van der Waals surface area contributed by atoms with E-state index in [9.17, 15) is 9.59 Å². The molecule has 7 heteroatoms. The standard InChI is InChI=1S/C14H22N4O2S.C2H6/c1-2-12(20)16-9-21-13-11(8-19)17-18(14(13)15)10-6-4-3-5-7-10;1-2/h8,10H,2-7,9,15H2,1H3,(H,16,20);1-2H3. The molecule has 1 fully saturated rings. The zero-order chi connectivity index (χ0) is 17.2. The zero-order valence-electron chi connectivity index (χ0n) is 14.3. The van der Waals surface area contributed by atoms with E-state index < -0.39 is 0 Å². The molecule has 0 unspecified atom stereocenters. The van der Waals surface area contributed by atoms with Gasteiger partial charge in [0.2, 0.25) is 5.91 Å². The highest BCUT2D eigenvalue weighted by Gasteiger charge is 2.23. The van der Waals surface area contributed by atoms with Crippen LogP contribution in [0.5, 0.6) is 0 Å².